The van der Waals surface area contributed by atoms with Crippen molar-refractivity contribution < 1.29 is 14.3 Å². The van der Waals surface area contributed by atoms with Crippen molar-refractivity contribution in [1.29, 1.82) is 0 Å². The molecule has 184 valence electrons. The van der Waals surface area contributed by atoms with Crippen molar-refractivity contribution in [3.8, 4) is 5.75 Å². The molecule has 3 aromatic carbocycles. The quantitative estimate of drug-likeness (QED) is 0.406. The molecule has 0 fully saturated rings. The van der Waals surface area contributed by atoms with Crippen LogP contribution in [0.1, 0.15) is 36.1 Å². The second-order valence-electron chi connectivity index (χ2n) is 9.13. The third-order valence-corrected chi connectivity index (χ3v) is 5.78. The molecule has 0 spiro atoms. The van der Waals surface area contributed by atoms with E-state index in [0.717, 1.165) is 22.3 Å². The maximum absolute atomic E-state index is 13.6. The summed E-state index contributed by atoms with van der Waals surface area (Å²) in [4.78, 5) is 28.5. The Labute approximate surface area is 213 Å². The Hall–Kier alpha value is -3.31. The van der Waals surface area contributed by atoms with Gasteiger partial charge in [0.2, 0.25) is 5.91 Å². The minimum atomic E-state index is -0.703. The van der Waals surface area contributed by atoms with Crippen LogP contribution in [0.2, 0.25) is 5.02 Å². The van der Waals surface area contributed by atoms with Crippen molar-refractivity contribution in [2.45, 2.75) is 52.7 Å². The fourth-order valence-electron chi connectivity index (χ4n) is 3.97. The van der Waals surface area contributed by atoms with Gasteiger partial charge in [0.1, 0.15) is 11.8 Å². The van der Waals surface area contributed by atoms with Crippen LogP contribution in [-0.4, -0.2) is 35.4 Å². The van der Waals surface area contributed by atoms with Gasteiger partial charge in [-0.25, -0.2) is 0 Å². The molecule has 0 aliphatic heterocycles. The fourth-order valence-corrected chi connectivity index (χ4v) is 4.09. The van der Waals surface area contributed by atoms with E-state index in [9.17, 15) is 9.59 Å². The number of halogens is 1. The molecule has 0 aliphatic rings. The first-order chi connectivity index (χ1) is 16.7. The third-order valence-electron chi connectivity index (χ3n) is 5.53. The van der Waals surface area contributed by atoms with E-state index in [-0.39, 0.29) is 31.0 Å². The van der Waals surface area contributed by atoms with Gasteiger partial charge in [-0.1, -0.05) is 60.1 Å². The standard InChI is InChI=1S/C29H33ClN2O3/c1-20(2)31-29(34)27(17-23-8-6-5-7-9-23)32(18-24-10-12-25(30)13-11-24)28(33)19-35-26-15-21(3)14-22(4)16-26/h5-16,20,27H,17-19H2,1-4H3,(H,31,34)/t27-/m1/s1. The highest BCUT2D eigenvalue weighted by Crippen LogP contribution is 2.19. The Bertz CT molecular complexity index is 1110. The highest BCUT2D eigenvalue weighted by molar-refractivity contribution is 6.30. The Morgan fingerprint density at radius 2 is 1.54 bits per heavy atom. The van der Waals surface area contributed by atoms with Gasteiger partial charge in [0.15, 0.2) is 6.61 Å². The van der Waals surface area contributed by atoms with Crippen molar-refractivity contribution in [2.24, 2.45) is 0 Å². The summed E-state index contributed by atoms with van der Waals surface area (Å²) in [5.41, 5.74) is 3.97. The van der Waals surface area contributed by atoms with Crippen LogP contribution in [0, 0.1) is 13.8 Å². The molecule has 1 atom stereocenters. The molecule has 0 saturated heterocycles. The number of ether oxygens (including phenoxy) is 1. The third kappa shape index (κ3) is 8.15. The molecule has 3 rings (SSSR count). The van der Waals surface area contributed by atoms with Crippen LogP contribution in [-0.2, 0) is 22.6 Å². The Morgan fingerprint density at radius 1 is 0.914 bits per heavy atom. The summed E-state index contributed by atoms with van der Waals surface area (Å²) >= 11 is 6.07. The molecule has 1 N–H and O–H groups in total. The van der Waals surface area contributed by atoms with Crippen molar-refractivity contribution in [2.75, 3.05) is 6.61 Å². The average Bonchev–Trinajstić information content (AvgIpc) is 2.80. The molecular weight excluding hydrogens is 460 g/mol. The Morgan fingerprint density at radius 3 is 2.14 bits per heavy atom. The lowest BCUT2D eigenvalue weighted by atomic mass is 10.0. The van der Waals surface area contributed by atoms with Crippen LogP contribution < -0.4 is 10.1 Å². The molecule has 0 bridgehead atoms. The monoisotopic (exact) mass is 492 g/mol. The van der Waals surface area contributed by atoms with Gasteiger partial charge in [0, 0.05) is 24.0 Å². The second kappa shape index (κ2) is 12.4. The topological polar surface area (TPSA) is 58.6 Å². The van der Waals surface area contributed by atoms with Crippen LogP contribution >= 0.6 is 11.6 Å². The van der Waals surface area contributed by atoms with E-state index in [1.807, 2.05) is 88.4 Å². The van der Waals surface area contributed by atoms with Crippen LogP contribution in [0.25, 0.3) is 0 Å². The zero-order valence-electron chi connectivity index (χ0n) is 20.8. The zero-order valence-corrected chi connectivity index (χ0v) is 21.5. The normalized spacial score (nSPS) is 11.7. The van der Waals surface area contributed by atoms with Gasteiger partial charge in [-0.05, 0) is 74.2 Å². The summed E-state index contributed by atoms with van der Waals surface area (Å²) < 4.78 is 5.88. The van der Waals surface area contributed by atoms with E-state index < -0.39 is 6.04 Å². The maximum atomic E-state index is 13.6. The lowest BCUT2D eigenvalue weighted by Crippen LogP contribution is -2.52. The van der Waals surface area contributed by atoms with E-state index in [1.54, 1.807) is 17.0 Å². The number of hydrogen-bond acceptors (Lipinski definition) is 3. The van der Waals surface area contributed by atoms with Gasteiger partial charge in [0.25, 0.3) is 5.91 Å². The molecule has 0 radical (unpaired) electrons. The van der Waals surface area contributed by atoms with Gasteiger partial charge in [-0.15, -0.1) is 0 Å². The molecule has 0 saturated carbocycles. The largest absolute Gasteiger partial charge is 0.484 e. The van der Waals surface area contributed by atoms with Crippen molar-refractivity contribution in [3.63, 3.8) is 0 Å². The lowest BCUT2D eigenvalue weighted by molar-refractivity contribution is -0.143. The number of carbonyl (C=O) groups excluding carboxylic acids is 2. The van der Waals surface area contributed by atoms with Crippen molar-refractivity contribution >= 4 is 23.4 Å². The number of nitrogens with one attached hydrogen (secondary N) is 1. The highest BCUT2D eigenvalue weighted by Gasteiger charge is 2.31. The molecule has 3 aromatic rings. The van der Waals surface area contributed by atoms with Crippen molar-refractivity contribution in [3.05, 3.63) is 100 Å². The zero-order chi connectivity index (χ0) is 25.4. The summed E-state index contributed by atoms with van der Waals surface area (Å²) in [5.74, 6) is 0.171. The van der Waals surface area contributed by atoms with Crippen LogP contribution in [0.3, 0.4) is 0 Å². The summed E-state index contributed by atoms with van der Waals surface area (Å²) in [6, 6.07) is 22.1. The number of carbonyl (C=O) groups is 2. The molecular formula is C29H33ClN2O3. The minimum Gasteiger partial charge on any atom is -0.484 e. The Kier molecular flexibility index (Phi) is 9.32. The molecule has 5 nitrogen and oxygen atoms in total. The van der Waals surface area contributed by atoms with Crippen LogP contribution in [0.4, 0.5) is 0 Å². The van der Waals surface area contributed by atoms with E-state index >= 15 is 0 Å². The summed E-state index contributed by atoms with van der Waals surface area (Å²) in [6.45, 7) is 7.88. The first kappa shape index (κ1) is 26.3. The molecule has 0 heterocycles. The molecule has 2 amide bonds. The number of aryl methyl sites for hydroxylation is 2. The summed E-state index contributed by atoms with van der Waals surface area (Å²) in [5, 5.41) is 3.60. The van der Waals surface area contributed by atoms with Gasteiger partial charge in [-0.3, -0.25) is 9.59 Å². The number of hydrogen-bond donors (Lipinski definition) is 1. The fraction of sp³-hybridized carbons (Fsp3) is 0.310. The average molecular weight is 493 g/mol. The smallest absolute Gasteiger partial charge is 0.261 e. The van der Waals surface area contributed by atoms with Crippen molar-refractivity contribution in [1.82, 2.24) is 10.2 Å². The van der Waals surface area contributed by atoms with Crippen LogP contribution in [0.15, 0.2) is 72.8 Å². The minimum absolute atomic E-state index is 0.0558. The predicted octanol–water partition coefficient (Wildman–Crippen LogP) is 5.50. The van der Waals surface area contributed by atoms with E-state index in [0.29, 0.717) is 17.2 Å². The molecule has 35 heavy (non-hydrogen) atoms. The second-order valence-corrected chi connectivity index (χ2v) is 9.57. The maximum Gasteiger partial charge on any atom is 0.261 e. The molecule has 0 unspecified atom stereocenters. The first-order valence-corrected chi connectivity index (χ1v) is 12.2. The van der Waals surface area contributed by atoms with Gasteiger partial charge < -0.3 is 15.0 Å². The SMILES string of the molecule is Cc1cc(C)cc(OCC(=O)N(Cc2ccc(Cl)cc2)[C@H](Cc2ccccc2)C(=O)NC(C)C)c1. The van der Waals surface area contributed by atoms with Gasteiger partial charge >= 0.3 is 0 Å². The number of rotatable bonds is 10. The van der Waals surface area contributed by atoms with Gasteiger partial charge in [0.05, 0.1) is 0 Å². The highest BCUT2D eigenvalue weighted by atomic mass is 35.5. The number of amides is 2. The van der Waals surface area contributed by atoms with E-state index in [1.165, 1.54) is 0 Å². The predicted molar refractivity (Wildman–Crippen MR) is 141 cm³/mol. The van der Waals surface area contributed by atoms with E-state index in [2.05, 4.69) is 5.32 Å². The van der Waals surface area contributed by atoms with Gasteiger partial charge in [-0.2, -0.15) is 0 Å². The number of nitrogens with zero attached hydrogens (tertiary/aromatic N) is 1. The summed E-state index contributed by atoms with van der Waals surface area (Å²) in [6.07, 6.45) is 0.391. The van der Waals surface area contributed by atoms with Crippen LogP contribution in [0.5, 0.6) is 5.75 Å². The Balaban J connectivity index is 1.91. The lowest BCUT2D eigenvalue weighted by Gasteiger charge is -2.32. The molecule has 0 aromatic heterocycles. The summed E-state index contributed by atoms with van der Waals surface area (Å²) in [7, 11) is 0. The first-order valence-electron chi connectivity index (χ1n) is 11.8. The van der Waals surface area contributed by atoms with E-state index in [4.69, 9.17) is 16.3 Å². The number of benzene rings is 3. The molecule has 6 heteroatoms. The molecule has 0 aliphatic carbocycles.